The SMILES string of the molecule is CCn1c(CNC(=O)c2ccc(OC)c(OC)c2)nnc1SCC(=O)N1CCOCC1. The molecule has 168 valence electrons. The number of benzene rings is 1. The summed E-state index contributed by atoms with van der Waals surface area (Å²) in [7, 11) is 3.06. The lowest BCUT2D eigenvalue weighted by Crippen LogP contribution is -2.41. The Balaban J connectivity index is 1.59. The molecule has 0 spiro atoms. The van der Waals surface area contributed by atoms with Gasteiger partial charge in [-0.2, -0.15) is 0 Å². The number of ether oxygens (including phenoxy) is 3. The Morgan fingerprint density at radius 2 is 1.90 bits per heavy atom. The molecular weight excluding hydrogens is 422 g/mol. The third-order valence-electron chi connectivity index (χ3n) is 4.85. The summed E-state index contributed by atoms with van der Waals surface area (Å²) in [4.78, 5) is 26.7. The fraction of sp³-hybridized carbons (Fsp3) is 0.500. The number of nitrogens with one attached hydrogen (secondary N) is 1. The maximum atomic E-state index is 12.6. The summed E-state index contributed by atoms with van der Waals surface area (Å²) in [5.41, 5.74) is 0.450. The van der Waals surface area contributed by atoms with Crippen molar-refractivity contribution in [2.75, 3.05) is 46.3 Å². The van der Waals surface area contributed by atoms with Crippen molar-refractivity contribution in [3.8, 4) is 11.5 Å². The van der Waals surface area contributed by atoms with Gasteiger partial charge in [0.1, 0.15) is 0 Å². The second-order valence-corrected chi connectivity index (χ2v) is 7.62. The fourth-order valence-corrected chi connectivity index (χ4v) is 4.07. The molecule has 0 aliphatic carbocycles. The molecule has 11 heteroatoms. The highest BCUT2D eigenvalue weighted by Gasteiger charge is 2.19. The first-order valence-corrected chi connectivity index (χ1v) is 11.0. The van der Waals surface area contributed by atoms with Gasteiger partial charge < -0.3 is 29.0 Å². The minimum atomic E-state index is -0.261. The van der Waals surface area contributed by atoms with E-state index >= 15 is 0 Å². The second-order valence-electron chi connectivity index (χ2n) is 6.68. The summed E-state index contributed by atoms with van der Waals surface area (Å²) in [5.74, 6) is 1.74. The summed E-state index contributed by atoms with van der Waals surface area (Å²) in [6.45, 7) is 5.20. The van der Waals surface area contributed by atoms with Crippen LogP contribution in [0, 0.1) is 0 Å². The molecule has 1 aliphatic rings. The van der Waals surface area contributed by atoms with Gasteiger partial charge >= 0.3 is 0 Å². The predicted octanol–water partition coefficient (Wildman–Crippen LogP) is 1.20. The van der Waals surface area contributed by atoms with Gasteiger partial charge in [-0.05, 0) is 25.1 Å². The summed E-state index contributed by atoms with van der Waals surface area (Å²) >= 11 is 1.35. The van der Waals surface area contributed by atoms with E-state index in [0.29, 0.717) is 60.9 Å². The van der Waals surface area contributed by atoms with E-state index in [1.807, 2.05) is 11.5 Å². The van der Waals surface area contributed by atoms with Gasteiger partial charge in [0.25, 0.3) is 5.91 Å². The van der Waals surface area contributed by atoms with Crippen LogP contribution < -0.4 is 14.8 Å². The number of rotatable bonds is 9. The molecule has 10 nitrogen and oxygen atoms in total. The smallest absolute Gasteiger partial charge is 0.251 e. The molecule has 1 N–H and O–H groups in total. The van der Waals surface area contributed by atoms with E-state index in [4.69, 9.17) is 14.2 Å². The molecule has 1 fully saturated rings. The third-order valence-corrected chi connectivity index (χ3v) is 5.80. The summed E-state index contributed by atoms with van der Waals surface area (Å²) in [6, 6.07) is 4.97. The Bertz CT molecular complexity index is 913. The Labute approximate surface area is 185 Å². The van der Waals surface area contributed by atoms with Crippen LogP contribution in [0.25, 0.3) is 0 Å². The highest BCUT2D eigenvalue weighted by molar-refractivity contribution is 7.99. The molecule has 1 aromatic carbocycles. The van der Waals surface area contributed by atoms with Crippen LogP contribution in [0.4, 0.5) is 0 Å². The number of methoxy groups -OCH3 is 2. The van der Waals surface area contributed by atoms with Crippen molar-refractivity contribution in [2.24, 2.45) is 0 Å². The zero-order chi connectivity index (χ0) is 22.2. The van der Waals surface area contributed by atoms with E-state index < -0.39 is 0 Å². The molecule has 0 unspecified atom stereocenters. The summed E-state index contributed by atoms with van der Waals surface area (Å²) in [6.07, 6.45) is 0. The minimum Gasteiger partial charge on any atom is -0.493 e. The Morgan fingerprint density at radius 3 is 2.58 bits per heavy atom. The van der Waals surface area contributed by atoms with Crippen LogP contribution in [0.15, 0.2) is 23.4 Å². The van der Waals surface area contributed by atoms with E-state index in [1.54, 1.807) is 30.2 Å². The lowest BCUT2D eigenvalue weighted by Gasteiger charge is -2.26. The average molecular weight is 450 g/mol. The fourth-order valence-electron chi connectivity index (χ4n) is 3.14. The molecule has 31 heavy (non-hydrogen) atoms. The van der Waals surface area contributed by atoms with Crippen LogP contribution in [-0.4, -0.2) is 77.8 Å². The maximum Gasteiger partial charge on any atom is 0.251 e. The number of carbonyl (C=O) groups is 2. The van der Waals surface area contributed by atoms with Gasteiger partial charge in [-0.25, -0.2) is 0 Å². The molecule has 2 amide bonds. The molecule has 0 saturated carbocycles. The molecule has 0 bridgehead atoms. The van der Waals surface area contributed by atoms with Gasteiger partial charge in [-0.1, -0.05) is 11.8 Å². The molecule has 0 radical (unpaired) electrons. The van der Waals surface area contributed by atoms with Crippen molar-refractivity contribution < 1.29 is 23.8 Å². The summed E-state index contributed by atoms with van der Waals surface area (Å²) in [5, 5.41) is 11.9. The maximum absolute atomic E-state index is 12.6. The number of carbonyl (C=O) groups excluding carboxylic acids is 2. The molecule has 1 aliphatic heterocycles. The van der Waals surface area contributed by atoms with Crippen LogP contribution in [0.5, 0.6) is 11.5 Å². The Kier molecular flexibility index (Phi) is 8.13. The van der Waals surface area contributed by atoms with E-state index in [2.05, 4.69) is 15.5 Å². The molecule has 2 aromatic rings. The third kappa shape index (κ3) is 5.67. The number of aromatic nitrogens is 3. The van der Waals surface area contributed by atoms with Crippen LogP contribution in [0.2, 0.25) is 0 Å². The molecular formula is C20H27N5O5S. The van der Waals surface area contributed by atoms with Gasteiger partial charge in [-0.15, -0.1) is 10.2 Å². The largest absolute Gasteiger partial charge is 0.493 e. The zero-order valence-electron chi connectivity index (χ0n) is 17.9. The number of morpholine rings is 1. The lowest BCUT2D eigenvalue weighted by molar-refractivity contribution is -0.132. The first-order chi connectivity index (χ1) is 15.1. The molecule has 1 aromatic heterocycles. The predicted molar refractivity (Wildman–Crippen MR) is 115 cm³/mol. The standard InChI is InChI=1S/C20H27N5O5S/c1-4-25-17(12-21-19(27)14-5-6-15(28-2)16(11-14)29-3)22-23-20(25)31-13-18(26)24-7-9-30-10-8-24/h5-6,11H,4,7-10,12-13H2,1-3H3,(H,21,27). The Hall–Kier alpha value is -2.79. The van der Waals surface area contributed by atoms with Gasteiger partial charge in [0.15, 0.2) is 22.5 Å². The molecule has 1 saturated heterocycles. The minimum absolute atomic E-state index is 0.0576. The van der Waals surface area contributed by atoms with Crippen molar-refractivity contribution in [2.45, 2.75) is 25.2 Å². The first kappa shape index (κ1) is 22.9. The second kappa shape index (κ2) is 11.0. The van der Waals surface area contributed by atoms with Crippen LogP contribution >= 0.6 is 11.8 Å². The van der Waals surface area contributed by atoms with E-state index in [0.717, 1.165) is 0 Å². The topological polar surface area (TPSA) is 108 Å². The number of nitrogens with zero attached hydrogens (tertiary/aromatic N) is 4. The van der Waals surface area contributed by atoms with Crippen LogP contribution in [0.3, 0.4) is 0 Å². The molecule has 2 heterocycles. The lowest BCUT2D eigenvalue weighted by atomic mass is 10.2. The zero-order valence-corrected chi connectivity index (χ0v) is 18.7. The monoisotopic (exact) mass is 449 g/mol. The molecule has 3 rings (SSSR count). The van der Waals surface area contributed by atoms with Crippen molar-refractivity contribution >= 4 is 23.6 Å². The van der Waals surface area contributed by atoms with Crippen molar-refractivity contribution in [3.63, 3.8) is 0 Å². The number of hydrogen-bond acceptors (Lipinski definition) is 8. The van der Waals surface area contributed by atoms with Gasteiger partial charge in [0, 0.05) is 25.2 Å². The highest BCUT2D eigenvalue weighted by atomic mass is 32.2. The van der Waals surface area contributed by atoms with E-state index in [1.165, 1.54) is 18.9 Å². The normalized spacial score (nSPS) is 13.7. The van der Waals surface area contributed by atoms with E-state index in [9.17, 15) is 9.59 Å². The van der Waals surface area contributed by atoms with Crippen LogP contribution in [-0.2, 0) is 22.6 Å². The van der Waals surface area contributed by atoms with Crippen molar-refractivity contribution in [1.29, 1.82) is 0 Å². The summed E-state index contributed by atoms with van der Waals surface area (Å²) < 4.78 is 17.6. The van der Waals surface area contributed by atoms with E-state index in [-0.39, 0.29) is 24.1 Å². The van der Waals surface area contributed by atoms with Gasteiger partial charge in [-0.3, -0.25) is 9.59 Å². The number of amides is 2. The van der Waals surface area contributed by atoms with Gasteiger partial charge in [0.05, 0.1) is 39.7 Å². The van der Waals surface area contributed by atoms with Gasteiger partial charge in [0.2, 0.25) is 5.91 Å². The molecule has 0 atom stereocenters. The van der Waals surface area contributed by atoms with Crippen molar-refractivity contribution in [1.82, 2.24) is 25.0 Å². The average Bonchev–Trinajstić information content (AvgIpc) is 3.22. The number of hydrogen-bond donors (Lipinski definition) is 1. The highest BCUT2D eigenvalue weighted by Crippen LogP contribution is 2.27. The Morgan fingerprint density at radius 1 is 1.16 bits per heavy atom. The van der Waals surface area contributed by atoms with Crippen LogP contribution in [0.1, 0.15) is 23.1 Å². The number of thioether (sulfide) groups is 1. The first-order valence-electron chi connectivity index (χ1n) is 9.98. The quantitative estimate of drug-likeness (QED) is 0.569. The van der Waals surface area contributed by atoms with Crippen molar-refractivity contribution in [3.05, 3.63) is 29.6 Å².